The summed E-state index contributed by atoms with van der Waals surface area (Å²) >= 11 is 0. The predicted molar refractivity (Wildman–Crippen MR) is 515 cm³/mol. The fraction of sp³-hybridized carbons (Fsp3) is 0.495. The van der Waals surface area contributed by atoms with Crippen molar-refractivity contribution in [2.75, 3.05) is 94.2 Å². The normalized spacial score (nSPS) is 19.7. The second kappa shape index (κ2) is 42.4. The van der Waals surface area contributed by atoms with Gasteiger partial charge in [0, 0.05) is 122 Å². The minimum absolute atomic E-state index is 0.0628. The van der Waals surface area contributed by atoms with E-state index in [-0.39, 0.29) is 82.6 Å². The van der Waals surface area contributed by atoms with Crippen LogP contribution in [0.4, 0.5) is 0 Å². The highest BCUT2D eigenvalue weighted by Crippen LogP contribution is 2.48. The molecule has 4 aromatic carbocycles. The van der Waals surface area contributed by atoms with Crippen molar-refractivity contribution in [3.05, 3.63) is 235 Å². The predicted octanol–water partition coefficient (Wildman–Crippen LogP) is 18.6. The monoisotopic (exact) mass is 1770 g/mol. The third-order valence-corrected chi connectivity index (χ3v) is 28.3. The van der Waals surface area contributed by atoms with Crippen molar-refractivity contribution < 1.29 is 48.0 Å². The molecule has 8 heterocycles. The number of nitrogens with zero attached hydrogens (tertiary/aromatic N) is 7. The number of nitrogens with one attached hydrogen (secondary N) is 4. The number of hydrogen-bond donors (Lipinski definition) is 6. The number of carbonyl (C=O) groups excluding carboxylic acids is 4. The van der Waals surface area contributed by atoms with Gasteiger partial charge in [0.1, 0.15) is 28.8 Å². The first-order valence-corrected chi connectivity index (χ1v) is 46.8. The highest BCUT2D eigenvalue weighted by Gasteiger charge is 2.41. The Hall–Kier alpha value is -10.8. The number of rotatable bonds is 25. The van der Waals surface area contributed by atoms with Gasteiger partial charge in [0.05, 0.1) is 42.6 Å². The summed E-state index contributed by atoms with van der Waals surface area (Å²) in [5.74, 6) is 8.26. The zero-order valence-corrected chi connectivity index (χ0v) is 79.1. The molecule has 8 aromatic rings. The Labute approximate surface area is 775 Å². The van der Waals surface area contributed by atoms with E-state index >= 15 is 0 Å². The molecule has 7 N–H and O–H groups in total. The van der Waals surface area contributed by atoms with Crippen LogP contribution in [0.25, 0.3) is 22.3 Å². The number of ketones is 4. The number of aromatic nitrogens is 8. The molecule has 4 saturated heterocycles. The van der Waals surface area contributed by atoms with E-state index in [0.29, 0.717) is 110 Å². The lowest BCUT2D eigenvalue weighted by Gasteiger charge is -2.43. The average molecular weight is 1770 g/mol. The number of Topliss-reactive ketones (excluding diaryl/α,β-unsaturated/α-hetero) is 4. The lowest BCUT2D eigenvalue weighted by molar-refractivity contribution is -0.118. The fourth-order valence-electron chi connectivity index (χ4n) is 19.1. The van der Waals surface area contributed by atoms with Gasteiger partial charge >= 0.3 is 0 Å². The number of nitrogens with two attached hydrogens (primary N) is 1. The van der Waals surface area contributed by atoms with Gasteiger partial charge in [0.15, 0.2) is 23.3 Å². The molecule has 22 nitrogen and oxygen atoms in total. The van der Waals surface area contributed by atoms with Crippen LogP contribution in [0, 0.1) is 70.0 Å². The Balaban J connectivity index is 0.000000149. The minimum atomic E-state index is -0.882. The number of aromatic amines is 4. The van der Waals surface area contributed by atoms with Gasteiger partial charge in [0.25, 0.3) is 0 Å². The molecule has 0 atom stereocenters. The van der Waals surface area contributed by atoms with Crippen molar-refractivity contribution in [3.63, 3.8) is 0 Å². The second-order valence-electron chi connectivity index (χ2n) is 40.6. The molecule has 16 rings (SSSR count). The first kappa shape index (κ1) is 97.7. The fourth-order valence-corrected chi connectivity index (χ4v) is 19.1. The summed E-state index contributed by atoms with van der Waals surface area (Å²) in [6, 6.07) is 27.6. The zero-order valence-electron chi connectivity index (χ0n) is 79.1. The first-order chi connectivity index (χ1) is 62.5. The van der Waals surface area contributed by atoms with Crippen molar-refractivity contribution in [3.8, 4) is 43.1 Å². The number of likely N-dealkylation sites (N-methyl/N-ethyl adjacent to an activating group) is 1. The molecule has 0 amide bonds. The Morgan fingerprint density at radius 2 is 0.733 bits per heavy atom. The smallest absolute Gasteiger partial charge is 0.202 e. The van der Waals surface area contributed by atoms with Crippen LogP contribution in [0.3, 0.4) is 0 Å². The van der Waals surface area contributed by atoms with Crippen molar-refractivity contribution in [1.82, 2.24) is 49.7 Å². The van der Waals surface area contributed by atoms with Gasteiger partial charge in [-0.15, -0.1) is 19.3 Å². The van der Waals surface area contributed by atoms with Crippen LogP contribution in [0.15, 0.2) is 122 Å². The molecule has 22 heteroatoms. The number of hydrogen-bond acceptors (Lipinski definition) is 18. The van der Waals surface area contributed by atoms with Crippen LogP contribution in [-0.4, -0.2) is 172 Å². The van der Waals surface area contributed by atoms with E-state index < -0.39 is 5.60 Å². The molecular weight excluding hydrogens is 1640 g/mol. The number of aliphatic hydroxyl groups is 1. The summed E-state index contributed by atoms with van der Waals surface area (Å²) in [6.45, 7) is 25.3. The van der Waals surface area contributed by atoms with Crippen LogP contribution in [0.5, 0.6) is 0 Å². The summed E-state index contributed by atoms with van der Waals surface area (Å²) in [6.07, 6.45) is 51.5. The quantitative estimate of drug-likeness (QED) is 0.0229. The number of imidazole rings is 4. The maximum absolute atomic E-state index is 13.1. The standard InChI is InChI=1S/C30H39N3O3.C27H34N4O2.C26H31N3O2.C26H30N2O3/c1-6-25-21-31-28(32-25)27(34)19-23-7-8-24(20-26(23)22-9-11-29(2,3)12-10-22)30(13-16-35-17-14-30)36-18-15-33(4)5;1-26(2)9-7-19(8-10-26)23-16-21(27(31(3)4)11-13-33-14-12-27)6-5-20(23)15-24(32)25-29-18-22(17-28)30-25;1-4-21-17-28-24(29-21)23(30)15-19-5-6-20(26(27)11-13-31-14-12-26)16-22(19)18-7-9-25(2,3)10-8-18;1-4-21-17-27-24(28-21)23(29)15-19-5-6-20(26(30)11-13-31-14-12-26)16-22(19)18-7-9-25(2,3)10-8-18/h1,7-9,20-21H,10-19H2,2-5H3,(H,31,32);5-7,16,18H,8-15H2,1-4H3,(H,29,30);1,5-7,16-17H,8-15,27H2,2-3H3,(H,28,29);1,5-7,16-17,30H,8-15H2,2-3H3,(H,27,28). The van der Waals surface area contributed by atoms with Crippen LogP contribution < -0.4 is 5.73 Å². The molecule has 4 aromatic heterocycles. The molecule has 4 aliphatic carbocycles. The summed E-state index contributed by atoms with van der Waals surface area (Å²) in [5, 5.41) is 20.3. The lowest BCUT2D eigenvalue weighted by Crippen LogP contribution is -2.45. The number of benzene rings is 4. The van der Waals surface area contributed by atoms with Gasteiger partial charge in [-0.1, -0.05) is 146 Å². The van der Waals surface area contributed by atoms with Crippen molar-refractivity contribution in [2.45, 2.75) is 232 Å². The van der Waals surface area contributed by atoms with E-state index in [0.717, 1.165) is 185 Å². The number of carbonyl (C=O) groups is 4. The Morgan fingerprint density at radius 3 is 1.06 bits per heavy atom. The van der Waals surface area contributed by atoms with Gasteiger partial charge < -0.3 is 59.4 Å². The van der Waals surface area contributed by atoms with Gasteiger partial charge in [0.2, 0.25) is 23.1 Å². The highest BCUT2D eigenvalue weighted by molar-refractivity contribution is 5.97. The number of H-pyrrole nitrogens is 4. The van der Waals surface area contributed by atoms with E-state index in [2.05, 4.69) is 236 Å². The average Bonchev–Trinajstić information content (AvgIpc) is 1.07. The topological polar surface area (TPSA) is 306 Å². The van der Waals surface area contributed by atoms with Gasteiger partial charge in [-0.3, -0.25) is 24.1 Å². The maximum atomic E-state index is 13.1. The second-order valence-corrected chi connectivity index (χ2v) is 40.6. The van der Waals surface area contributed by atoms with Crippen LogP contribution in [-0.2, 0) is 71.6 Å². The first-order valence-electron chi connectivity index (χ1n) is 46.8. The van der Waals surface area contributed by atoms with E-state index in [1.54, 1.807) is 0 Å². The van der Waals surface area contributed by atoms with Crippen molar-refractivity contribution in [1.29, 1.82) is 5.26 Å². The molecule has 4 aliphatic heterocycles. The van der Waals surface area contributed by atoms with E-state index in [1.165, 1.54) is 63.8 Å². The van der Waals surface area contributed by atoms with Gasteiger partial charge in [-0.2, -0.15) is 5.26 Å². The number of terminal acetylenes is 3. The van der Waals surface area contributed by atoms with Crippen molar-refractivity contribution in [2.24, 2.45) is 27.4 Å². The zero-order chi connectivity index (χ0) is 93.5. The van der Waals surface area contributed by atoms with Gasteiger partial charge in [-0.25, -0.2) is 19.9 Å². The molecule has 8 aliphatic rings. The lowest BCUT2D eigenvalue weighted by atomic mass is 9.74. The largest absolute Gasteiger partial charge is 0.385 e. The summed E-state index contributed by atoms with van der Waals surface area (Å²) < 4.78 is 29.0. The van der Waals surface area contributed by atoms with Crippen LogP contribution >= 0.6 is 0 Å². The minimum Gasteiger partial charge on any atom is -0.385 e. The molecule has 4 fully saturated rings. The van der Waals surface area contributed by atoms with Crippen LogP contribution in [0.2, 0.25) is 0 Å². The maximum Gasteiger partial charge on any atom is 0.202 e. The molecule has 690 valence electrons. The van der Waals surface area contributed by atoms with Gasteiger partial charge in [-0.05, 0) is 266 Å². The van der Waals surface area contributed by atoms with Crippen molar-refractivity contribution >= 4 is 45.4 Å². The Bertz CT molecular complexity index is 5570. The van der Waals surface area contributed by atoms with E-state index in [9.17, 15) is 24.3 Å². The summed E-state index contributed by atoms with van der Waals surface area (Å²) in [7, 11) is 8.42. The highest BCUT2D eigenvalue weighted by atomic mass is 16.5. The summed E-state index contributed by atoms with van der Waals surface area (Å²) in [5.41, 5.74) is 26.4. The molecular formula is C109H134N12O10. The molecule has 0 saturated carbocycles. The number of ether oxygens (including phenoxy) is 5. The van der Waals surface area contributed by atoms with Crippen LogP contribution in [0.1, 0.15) is 316 Å². The SMILES string of the molecule is C#Cc1cnc(C(=O)Cc2ccc(C3(N)CCOCC3)cc2C2=CCC(C)(C)CC2)[nH]1.C#Cc1cnc(C(=O)Cc2ccc(C3(O)CCOCC3)cc2C2=CCC(C)(C)CC2)[nH]1.C#Cc1cnc(C(=O)Cc2ccc(C3(OCCN(C)C)CCOCC3)cc2C2=CCC(C)(C)CC2)[nH]1.CN(C)C1(c2ccc(CC(=O)c3ncc(C#N)[nH]3)c(C3=CCC(C)(C)CC3)c2)CCOCC1. The molecule has 0 bridgehead atoms. The molecule has 0 spiro atoms. The number of allylic oxidation sites excluding steroid dienone is 8. The third-order valence-electron chi connectivity index (χ3n) is 28.3. The Morgan fingerprint density at radius 1 is 0.427 bits per heavy atom. The summed E-state index contributed by atoms with van der Waals surface area (Å²) in [4.78, 5) is 84.5. The molecule has 131 heavy (non-hydrogen) atoms. The number of nitriles is 1. The van der Waals surface area contributed by atoms with E-state index in [4.69, 9.17) is 53.9 Å². The van der Waals surface area contributed by atoms with E-state index in [1.807, 2.05) is 18.2 Å². The molecule has 0 unspecified atom stereocenters. The Kier molecular flexibility index (Phi) is 31.6. The third kappa shape index (κ3) is 24.5. The molecule has 0 radical (unpaired) electrons.